The molecule has 11 heteroatoms. The Bertz CT molecular complexity index is 1090. The Labute approximate surface area is 181 Å². The summed E-state index contributed by atoms with van der Waals surface area (Å²) in [5, 5.41) is 2.98. The molecule has 1 heterocycles. The lowest BCUT2D eigenvalue weighted by molar-refractivity contribution is -0.139. The molecule has 0 fully saturated rings. The van der Waals surface area contributed by atoms with E-state index in [9.17, 15) is 13.6 Å². The normalized spacial score (nSPS) is 10.9. The van der Waals surface area contributed by atoms with Crippen LogP contribution in [0.5, 0.6) is 11.5 Å². The number of carbonyl (C=O) groups is 1. The first-order valence-corrected chi connectivity index (χ1v) is 9.23. The molecule has 0 atom stereocenters. The van der Waals surface area contributed by atoms with Gasteiger partial charge in [-0.15, -0.1) is 0 Å². The van der Waals surface area contributed by atoms with Crippen LogP contribution in [0.2, 0.25) is 0 Å². The number of ether oxygens (including phenoxy) is 3. The maximum atomic E-state index is 12.2. The van der Waals surface area contributed by atoms with Crippen molar-refractivity contribution < 1.29 is 27.8 Å². The van der Waals surface area contributed by atoms with E-state index in [1.807, 2.05) is 12.1 Å². The van der Waals surface area contributed by atoms with Crippen LogP contribution in [0, 0.1) is 0 Å². The predicted octanol–water partition coefficient (Wildman–Crippen LogP) is 3.56. The van der Waals surface area contributed by atoms with Gasteiger partial charge in [0.05, 0.1) is 12.8 Å². The maximum Gasteiger partial charge on any atom is 0.387 e. The number of aromatic nitrogens is 3. The largest absolute Gasteiger partial charge is 0.495 e. The van der Waals surface area contributed by atoms with Crippen LogP contribution in [-0.2, 0) is 16.1 Å². The molecule has 0 saturated heterocycles. The molecule has 1 aromatic heterocycles. The molecule has 9 nitrogen and oxygen atoms in total. The lowest BCUT2D eigenvalue weighted by atomic mass is 10.2. The third-order valence-corrected chi connectivity index (χ3v) is 3.91. The van der Waals surface area contributed by atoms with Gasteiger partial charge in [-0.05, 0) is 35.9 Å². The minimum Gasteiger partial charge on any atom is -0.495 e. The van der Waals surface area contributed by atoms with Crippen molar-refractivity contribution in [2.24, 2.45) is 0 Å². The Morgan fingerprint density at radius 3 is 2.59 bits per heavy atom. The molecule has 0 aliphatic rings. The second-order valence-electron chi connectivity index (χ2n) is 6.15. The van der Waals surface area contributed by atoms with Gasteiger partial charge in [0, 0.05) is 6.08 Å². The van der Waals surface area contributed by atoms with E-state index in [1.165, 1.54) is 43.5 Å². The number of para-hydroxylation sites is 2. The highest BCUT2D eigenvalue weighted by molar-refractivity contribution is 5.87. The molecule has 0 radical (unpaired) electrons. The van der Waals surface area contributed by atoms with E-state index in [4.69, 9.17) is 15.2 Å². The molecule has 0 unspecified atom stereocenters. The zero-order valence-electron chi connectivity index (χ0n) is 16.9. The van der Waals surface area contributed by atoms with Crippen LogP contribution in [-0.4, -0.2) is 34.6 Å². The first-order chi connectivity index (χ1) is 15.4. The van der Waals surface area contributed by atoms with Gasteiger partial charge in [0.15, 0.2) is 12.4 Å². The summed E-state index contributed by atoms with van der Waals surface area (Å²) in [5.74, 6) is 0.198. The van der Waals surface area contributed by atoms with Gasteiger partial charge in [0.1, 0.15) is 11.5 Å². The van der Waals surface area contributed by atoms with Crippen LogP contribution in [0.15, 0.2) is 54.6 Å². The van der Waals surface area contributed by atoms with Gasteiger partial charge in [0.25, 0.3) is 0 Å². The number of benzene rings is 2. The average Bonchev–Trinajstić information content (AvgIpc) is 2.77. The fraction of sp³-hybridized carbons (Fsp3) is 0.143. The first kappa shape index (κ1) is 22.4. The number of nitrogens with one attached hydrogen (secondary N) is 1. The van der Waals surface area contributed by atoms with E-state index >= 15 is 0 Å². The lowest BCUT2D eigenvalue weighted by Crippen LogP contribution is -2.10. The SMILES string of the molecule is COc1ccccc1Nc1nc(N)nc(COC(=O)/C=C/c2ccc(OC(F)F)cc2)n1. The molecule has 32 heavy (non-hydrogen) atoms. The summed E-state index contributed by atoms with van der Waals surface area (Å²) in [4.78, 5) is 24.1. The summed E-state index contributed by atoms with van der Waals surface area (Å²) in [6, 6.07) is 12.9. The molecule has 0 aliphatic heterocycles. The van der Waals surface area contributed by atoms with E-state index in [-0.39, 0.29) is 30.1 Å². The molecule has 3 aromatic rings. The monoisotopic (exact) mass is 443 g/mol. The van der Waals surface area contributed by atoms with Crippen molar-refractivity contribution in [2.75, 3.05) is 18.2 Å². The Hall–Kier alpha value is -4.28. The molecule has 0 bridgehead atoms. The average molecular weight is 443 g/mol. The van der Waals surface area contributed by atoms with Gasteiger partial charge in [0.2, 0.25) is 11.9 Å². The van der Waals surface area contributed by atoms with E-state index in [1.54, 1.807) is 12.1 Å². The highest BCUT2D eigenvalue weighted by Crippen LogP contribution is 2.25. The number of methoxy groups -OCH3 is 1. The summed E-state index contributed by atoms with van der Waals surface area (Å²) in [6.07, 6.45) is 2.65. The van der Waals surface area contributed by atoms with Crippen molar-refractivity contribution in [3.05, 3.63) is 66.0 Å². The van der Waals surface area contributed by atoms with Crippen LogP contribution in [0.1, 0.15) is 11.4 Å². The second kappa shape index (κ2) is 10.7. The molecule has 0 aliphatic carbocycles. The van der Waals surface area contributed by atoms with Crippen molar-refractivity contribution in [3.8, 4) is 11.5 Å². The molecular weight excluding hydrogens is 424 g/mol. The highest BCUT2D eigenvalue weighted by Gasteiger charge is 2.09. The van der Waals surface area contributed by atoms with E-state index in [2.05, 4.69) is 25.0 Å². The number of anilines is 3. The summed E-state index contributed by atoms with van der Waals surface area (Å²) in [5.41, 5.74) is 6.94. The van der Waals surface area contributed by atoms with Crippen molar-refractivity contribution in [1.29, 1.82) is 0 Å². The van der Waals surface area contributed by atoms with Crippen LogP contribution < -0.4 is 20.5 Å². The van der Waals surface area contributed by atoms with Crippen molar-refractivity contribution in [2.45, 2.75) is 13.2 Å². The zero-order chi connectivity index (χ0) is 22.9. The van der Waals surface area contributed by atoms with E-state index in [0.29, 0.717) is 17.0 Å². The topological polar surface area (TPSA) is 121 Å². The van der Waals surface area contributed by atoms with Crippen molar-refractivity contribution >= 4 is 29.6 Å². The Balaban J connectivity index is 1.59. The number of nitrogen functional groups attached to an aromatic ring is 1. The smallest absolute Gasteiger partial charge is 0.387 e. The molecule has 3 N–H and O–H groups in total. The number of esters is 1. The fourth-order valence-electron chi connectivity index (χ4n) is 2.54. The van der Waals surface area contributed by atoms with E-state index in [0.717, 1.165) is 0 Å². The Kier molecular flexibility index (Phi) is 7.46. The number of nitrogens with two attached hydrogens (primary N) is 1. The van der Waals surface area contributed by atoms with Gasteiger partial charge in [-0.3, -0.25) is 0 Å². The predicted molar refractivity (Wildman–Crippen MR) is 112 cm³/mol. The number of alkyl halides is 2. The first-order valence-electron chi connectivity index (χ1n) is 9.23. The van der Waals surface area contributed by atoms with Crippen LogP contribution >= 0.6 is 0 Å². The zero-order valence-corrected chi connectivity index (χ0v) is 16.9. The number of carbonyl (C=O) groups excluding carboxylic acids is 1. The van der Waals surface area contributed by atoms with Crippen LogP contribution in [0.3, 0.4) is 0 Å². The fourth-order valence-corrected chi connectivity index (χ4v) is 2.54. The van der Waals surface area contributed by atoms with Crippen LogP contribution in [0.4, 0.5) is 26.4 Å². The molecule has 0 saturated carbocycles. The second-order valence-corrected chi connectivity index (χ2v) is 6.15. The summed E-state index contributed by atoms with van der Waals surface area (Å²) >= 11 is 0. The molecule has 0 spiro atoms. The molecule has 166 valence electrons. The van der Waals surface area contributed by atoms with Crippen molar-refractivity contribution in [1.82, 2.24) is 15.0 Å². The third-order valence-electron chi connectivity index (χ3n) is 3.91. The number of hydrogen-bond acceptors (Lipinski definition) is 9. The summed E-state index contributed by atoms with van der Waals surface area (Å²) < 4.78 is 39.0. The molecule has 0 amide bonds. The number of hydrogen-bond donors (Lipinski definition) is 2. The minimum atomic E-state index is -2.90. The number of halogens is 2. The van der Waals surface area contributed by atoms with Crippen LogP contribution in [0.25, 0.3) is 6.08 Å². The lowest BCUT2D eigenvalue weighted by Gasteiger charge is -2.10. The standard InChI is InChI=1S/C21H19F2N5O4/c1-30-16-5-3-2-4-15(16)25-21-27-17(26-20(24)28-21)12-31-18(29)11-8-13-6-9-14(10-7-13)32-19(22)23/h2-11,19H,12H2,1H3,(H3,24,25,26,27,28)/b11-8+. The Morgan fingerprint density at radius 1 is 1.12 bits per heavy atom. The quantitative estimate of drug-likeness (QED) is 0.378. The Morgan fingerprint density at radius 2 is 1.88 bits per heavy atom. The van der Waals surface area contributed by atoms with Gasteiger partial charge in [-0.2, -0.15) is 23.7 Å². The van der Waals surface area contributed by atoms with Gasteiger partial charge in [-0.1, -0.05) is 24.3 Å². The number of nitrogens with zero attached hydrogens (tertiary/aromatic N) is 3. The number of rotatable bonds is 9. The maximum absolute atomic E-state index is 12.2. The van der Waals surface area contributed by atoms with Gasteiger partial charge in [-0.25, -0.2) is 4.79 Å². The van der Waals surface area contributed by atoms with Gasteiger partial charge < -0.3 is 25.3 Å². The molecule has 3 rings (SSSR count). The third kappa shape index (κ3) is 6.62. The summed E-state index contributed by atoms with van der Waals surface area (Å²) in [6.45, 7) is -3.14. The van der Waals surface area contributed by atoms with E-state index < -0.39 is 12.6 Å². The molecule has 2 aromatic carbocycles. The molecular formula is C21H19F2N5O4. The minimum absolute atomic E-state index is 0.0182. The van der Waals surface area contributed by atoms with Crippen molar-refractivity contribution in [3.63, 3.8) is 0 Å². The van der Waals surface area contributed by atoms with Gasteiger partial charge >= 0.3 is 12.6 Å². The highest BCUT2D eigenvalue weighted by atomic mass is 19.3. The summed E-state index contributed by atoms with van der Waals surface area (Å²) in [7, 11) is 1.53.